The van der Waals surface area contributed by atoms with E-state index in [0.717, 1.165) is 6.07 Å². The van der Waals surface area contributed by atoms with Gasteiger partial charge in [-0.25, -0.2) is 0 Å². The third-order valence-electron chi connectivity index (χ3n) is 1.75. The van der Waals surface area contributed by atoms with Gasteiger partial charge in [0, 0.05) is 18.9 Å². The molecule has 15 heavy (non-hydrogen) atoms. The lowest BCUT2D eigenvalue weighted by Crippen LogP contribution is -2.21. The lowest BCUT2D eigenvalue weighted by atomic mass is 10.3. The summed E-state index contributed by atoms with van der Waals surface area (Å²) in [5.41, 5.74) is -0.974. The Bertz CT molecular complexity index is 312. The minimum atomic E-state index is -4.43. The number of anilines is 1. The molecule has 0 aliphatic heterocycles. The summed E-state index contributed by atoms with van der Waals surface area (Å²) in [5, 5.41) is 7.33. The van der Waals surface area contributed by atoms with Crippen molar-refractivity contribution in [2.75, 3.05) is 23.8 Å². The zero-order valence-electron chi connectivity index (χ0n) is 7.92. The van der Waals surface area contributed by atoms with Crippen molar-refractivity contribution in [3.05, 3.63) is 17.8 Å². The van der Waals surface area contributed by atoms with Gasteiger partial charge in [-0.2, -0.15) is 13.2 Å². The average molecular weight is 284 g/mol. The first-order valence-corrected chi connectivity index (χ1v) is 5.25. The molecule has 0 bridgehead atoms. The first-order chi connectivity index (χ1) is 6.95. The molecule has 0 N–H and O–H groups in total. The van der Waals surface area contributed by atoms with Gasteiger partial charge in [0.15, 0.2) is 11.5 Å². The van der Waals surface area contributed by atoms with Crippen LogP contribution in [-0.2, 0) is 6.18 Å². The van der Waals surface area contributed by atoms with Crippen LogP contribution in [0.5, 0.6) is 0 Å². The first-order valence-electron chi connectivity index (χ1n) is 4.13. The van der Waals surface area contributed by atoms with Crippen LogP contribution in [0.15, 0.2) is 12.1 Å². The van der Waals surface area contributed by atoms with Gasteiger partial charge < -0.3 is 4.90 Å². The van der Waals surface area contributed by atoms with E-state index in [1.54, 1.807) is 11.9 Å². The molecule has 0 radical (unpaired) electrons. The average Bonchev–Trinajstić information content (AvgIpc) is 2.17. The monoisotopic (exact) mass is 283 g/mol. The number of hydrogen-bond acceptors (Lipinski definition) is 3. The van der Waals surface area contributed by atoms with Gasteiger partial charge in [-0.15, -0.1) is 10.2 Å². The Kier molecular flexibility index (Phi) is 3.90. The molecule has 0 aliphatic carbocycles. The standard InChI is InChI=1S/C8H9BrF3N3/c1-15(5-4-9)7-3-2-6(13-14-7)8(10,11)12/h2-3H,4-5H2,1H3. The molecular formula is C8H9BrF3N3. The van der Waals surface area contributed by atoms with E-state index in [4.69, 9.17) is 0 Å². The maximum Gasteiger partial charge on any atom is 0.435 e. The summed E-state index contributed by atoms with van der Waals surface area (Å²) in [7, 11) is 1.73. The van der Waals surface area contributed by atoms with E-state index in [1.807, 2.05) is 0 Å². The second-order valence-electron chi connectivity index (χ2n) is 2.89. The highest BCUT2D eigenvalue weighted by atomic mass is 79.9. The molecular weight excluding hydrogens is 275 g/mol. The molecule has 0 spiro atoms. The predicted molar refractivity (Wildman–Crippen MR) is 54.1 cm³/mol. The van der Waals surface area contributed by atoms with Crippen molar-refractivity contribution >= 4 is 21.7 Å². The summed E-state index contributed by atoms with van der Waals surface area (Å²) < 4.78 is 36.4. The second-order valence-corrected chi connectivity index (χ2v) is 3.68. The van der Waals surface area contributed by atoms with E-state index in [2.05, 4.69) is 26.1 Å². The smallest absolute Gasteiger partial charge is 0.357 e. The van der Waals surface area contributed by atoms with Crippen LogP contribution in [-0.4, -0.2) is 29.1 Å². The van der Waals surface area contributed by atoms with Gasteiger partial charge in [0.2, 0.25) is 0 Å². The Balaban J connectivity index is 2.81. The summed E-state index contributed by atoms with van der Waals surface area (Å²) in [6.07, 6.45) is -4.43. The zero-order valence-corrected chi connectivity index (χ0v) is 9.51. The van der Waals surface area contributed by atoms with Crippen LogP contribution in [0.25, 0.3) is 0 Å². The molecule has 0 aromatic carbocycles. The van der Waals surface area contributed by atoms with Gasteiger partial charge in [0.1, 0.15) is 0 Å². The normalized spacial score (nSPS) is 11.5. The van der Waals surface area contributed by atoms with Crippen LogP contribution in [0.3, 0.4) is 0 Å². The van der Waals surface area contributed by atoms with E-state index in [0.29, 0.717) is 17.7 Å². The Morgan fingerprint density at radius 1 is 1.33 bits per heavy atom. The van der Waals surface area contributed by atoms with Crippen molar-refractivity contribution in [2.24, 2.45) is 0 Å². The van der Waals surface area contributed by atoms with Crippen LogP contribution in [0.1, 0.15) is 5.69 Å². The molecule has 0 amide bonds. The van der Waals surface area contributed by atoms with Gasteiger partial charge in [0.05, 0.1) is 0 Å². The quantitative estimate of drug-likeness (QED) is 0.798. The SMILES string of the molecule is CN(CCBr)c1ccc(C(F)(F)F)nn1. The second kappa shape index (κ2) is 4.78. The molecule has 1 rings (SSSR count). The maximum atomic E-state index is 12.1. The number of aromatic nitrogens is 2. The molecule has 1 heterocycles. The lowest BCUT2D eigenvalue weighted by molar-refractivity contribution is -0.141. The van der Waals surface area contributed by atoms with Gasteiger partial charge in [-0.1, -0.05) is 15.9 Å². The van der Waals surface area contributed by atoms with Gasteiger partial charge in [0.25, 0.3) is 0 Å². The third kappa shape index (κ3) is 3.33. The molecule has 0 unspecified atom stereocenters. The van der Waals surface area contributed by atoms with Crippen molar-refractivity contribution in [1.29, 1.82) is 0 Å². The molecule has 84 valence electrons. The predicted octanol–water partition coefficient (Wildman–Crippen LogP) is 2.33. The number of halogens is 4. The Labute approximate surface area is 93.4 Å². The number of rotatable bonds is 3. The van der Waals surface area contributed by atoms with Crippen molar-refractivity contribution < 1.29 is 13.2 Å². The molecule has 0 atom stereocenters. The van der Waals surface area contributed by atoms with E-state index in [-0.39, 0.29) is 0 Å². The molecule has 0 fully saturated rings. The largest absolute Gasteiger partial charge is 0.435 e. The summed E-state index contributed by atoms with van der Waals surface area (Å²) in [4.78, 5) is 1.71. The topological polar surface area (TPSA) is 29.0 Å². The minimum Gasteiger partial charge on any atom is -0.357 e. The number of nitrogens with zero attached hydrogens (tertiary/aromatic N) is 3. The summed E-state index contributed by atoms with van der Waals surface area (Å²) in [6, 6.07) is 2.23. The molecule has 0 saturated heterocycles. The van der Waals surface area contributed by atoms with Crippen LogP contribution in [0.2, 0.25) is 0 Å². The highest BCUT2D eigenvalue weighted by Gasteiger charge is 2.32. The van der Waals surface area contributed by atoms with Crippen LogP contribution < -0.4 is 4.90 Å². The van der Waals surface area contributed by atoms with Crippen LogP contribution in [0, 0.1) is 0 Å². The lowest BCUT2D eigenvalue weighted by Gasteiger charge is -2.16. The fraction of sp³-hybridized carbons (Fsp3) is 0.500. The highest BCUT2D eigenvalue weighted by molar-refractivity contribution is 9.09. The van der Waals surface area contributed by atoms with Crippen molar-refractivity contribution in [3.8, 4) is 0 Å². The maximum absolute atomic E-state index is 12.1. The fourth-order valence-electron chi connectivity index (χ4n) is 0.921. The summed E-state index contributed by atoms with van der Waals surface area (Å²) in [5.74, 6) is 0.419. The zero-order chi connectivity index (χ0) is 11.5. The third-order valence-corrected chi connectivity index (χ3v) is 2.11. The van der Waals surface area contributed by atoms with Gasteiger partial charge >= 0.3 is 6.18 Å². The number of hydrogen-bond donors (Lipinski definition) is 0. The van der Waals surface area contributed by atoms with Crippen LogP contribution in [0.4, 0.5) is 19.0 Å². The molecule has 7 heteroatoms. The van der Waals surface area contributed by atoms with Crippen molar-refractivity contribution in [2.45, 2.75) is 6.18 Å². The minimum absolute atomic E-state index is 0.419. The highest BCUT2D eigenvalue weighted by Crippen LogP contribution is 2.27. The molecule has 1 aromatic heterocycles. The van der Waals surface area contributed by atoms with E-state index in [9.17, 15) is 13.2 Å². The molecule has 0 aliphatic rings. The fourth-order valence-corrected chi connectivity index (χ4v) is 1.45. The van der Waals surface area contributed by atoms with Gasteiger partial charge in [-0.05, 0) is 12.1 Å². The van der Waals surface area contributed by atoms with E-state index in [1.165, 1.54) is 6.07 Å². The summed E-state index contributed by atoms with van der Waals surface area (Å²) >= 11 is 3.22. The molecule has 3 nitrogen and oxygen atoms in total. The number of alkyl halides is 4. The summed E-state index contributed by atoms with van der Waals surface area (Å²) in [6.45, 7) is 0.653. The Morgan fingerprint density at radius 3 is 2.40 bits per heavy atom. The first kappa shape index (κ1) is 12.2. The van der Waals surface area contributed by atoms with Crippen molar-refractivity contribution in [3.63, 3.8) is 0 Å². The van der Waals surface area contributed by atoms with E-state index >= 15 is 0 Å². The Morgan fingerprint density at radius 2 is 2.00 bits per heavy atom. The van der Waals surface area contributed by atoms with Gasteiger partial charge in [-0.3, -0.25) is 0 Å². The van der Waals surface area contributed by atoms with E-state index < -0.39 is 11.9 Å². The molecule has 1 aromatic rings. The van der Waals surface area contributed by atoms with Crippen molar-refractivity contribution in [1.82, 2.24) is 10.2 Å². The Hall–Kier alpha value is -0.850. The molecule has 0 saturated carbocycles. The van der Waals surface area contributed by atoms with Crippen LogP contribution >= 0.6 is 15.9 Å².